The summed E-state index contributed by atoms with van der Waals surface area (Å²) in [6, 6.07) is 0.755. The number of amides is 1. The molecule has 5 nitrogen and oxygen atoms in total. The van der Waals surface area contributed by atoms with Crippen LogP contribution in [0.5, 0.6) is 0 Å². The lowest BCUT2D eigenvalue weighted by Crippen LogP contribution is -2.50. The molecule has 3 saturated heterocycles. The molecule has 0 aromatic carbocycles. The first-order valence-electron chi connectivity index (χ1n) is 9.46. The van der Waals surface area contributed by atoms with Crippen molar-refractivity contribution in [2.45, 2.75) is 44.8 Å². The van der Waals surface area contributed by atoms with E-state index in [9.17, 15) is 4.79 Å². The maximum absolute atomic E-state index is 12.3. The lowest BCUT2D eigenvalue weighted by Gasteiger charge is -2.40. The number of hydrogen-bond acceptors (Lipinski definition) is 5. The fourth-order valence-electron chi connectivity index (χ4n) is 4.24. The molecule has 1 spiro atoms. The summed E-state index contributed by atoms with van der Waals surface area (Å²) in [5.74, 6) is 3.24. The van der Waals surface area contributed by atoms with Crippen molar-refractivity contribution in [2.75, 3.05) is 57.8 Å². The quantitative estimate of drug-likeness (QED) is 0.731. The van der Waals surface area contributed by atoms with Crippen LogP contribution in [0.4, 0.5) is 4.79 Å². The highest BCUT2D eigenvalue weighted by Gasteiger charge is 2.47. The molecule has 3 aliphatic rings. The third-order valence-corrected chi connectivity index (χ3v) is 6.75. The van der Waals surface area contributed by atoms with Gasteiger partial charge in [0.05, 0.1) is 6.54 Å². The Kier molecular flexibility index (Phi) is 5.98. The molecule has 0 unspecified atom stereocenters. The molecule has 1 amide bonds. The Hall–Kier alpha value is -0.460. The predicted molar refractivity (Wildman–Crippen MR) is 99.7 cm³/mol. The topological polar surface area (TPSA) is 36.0 Å². The molecule has 138 valence electrons. The second-order valence-electron chi connectivity index (χ2n) is 8.18. The van der Waals surface area contributed by atoms with Gasteiger partial charge in [0.25, 0.3) is 0 Å². The molecule has 0 aliphatic carbocycles. The Bertz CT molecular complexity index is 432. The summed E-state index contributed by atoms with van der Waals surface area (Å²) in [4.78, 5) is 19.1. The smallest absolute Gasteiger partial charge is 0.410 e. The number of likely N-dealkylation sites (N-methyl/N-ethyl adjacent to an activating group) is 1. The number of likely N-dealkylation sites (tertiary alicyclic amines) is 1. The van der Waals surface area contributed by atoms with Crippen LogP contribution in [-0.4, -0.2) is 90.3 Å². The molecule has 0 aromatic rings. The minimum Gasteiger partial charge on any atom is -0.441 e. The Labute approximate surface area is 151 Å². The van der Waals surface area contributed by atoms with Gasteiger partial charge in [0.2, 0.25) is 0 Å². The van der Waals surface area contributed by atoms with Gasteiger partial charge in [0.1, 0.15) is 5.60 Å². The summed E-state index contributed by atoms with van der Waals surface area (Å²) in [6.07, 6.45) is 3.22. The standard InChI is InChI=1S/C18H33N3O2S/c1-15(2)12-19(3)9-10-21-14-18(23-17(21)22)5-7-20(8-6-18)16-4-11-24-13-16/h15-16H,4-14H2,1-3H3/t16-/m0/s1. The minimum absolute atomic E-state index is 0.0992. The van der Waals surface area contributed by atoms with E-state index >= 15 is 0 Å². The van der Waals surface area contributed by atoms with Crippen LogP contribution in [0.3, 0.4) is 0 Å². The van der Waals surface area contributed by atoms with E-state index in [1.807, 2.05) is 4.90 Å². The average molecular weight is 356 g/mol. The fraction of sp³-hybridized carbons (Fsp3) is 0.944. The summed E-state index contributed by atoms with van der Waals surface area (Å²) >= 11 is 2.07. The van der Waals surface area contributed by atoms with Crippen LogP contribution in [0.1, 0.15) is 33.1 Å². The molecule has 0 saturated carbocycles. The van der Waals surface area contributed by atoms with Gasteiger partial charge in [-0.15, -0.1) is 0 Å². The molecule has 0 radical (unpaired) electrons. The van der Waals surface area contributed by atoms with Crippen molar-refractivity contribution in [3.63, 3.8) is 0 Å². The maximum Gasteiger partial charge on any atom is 0.410 e. The van der Waals surface area contributed by atoms with Crippen LogP contribution >= 0.6 is 11.8 Å². The Morgan fingerprint density at radius 3 is 2.75 bits per heavy atom. The number of nitrogens with zero attached hydrogens (tertiary/aromatic N) is 3. The van der Waals surface area contributed by atoms with Gasteiger partial charge in [-0.25, -0.2) is 4.79 Å². The highest BCUT2D eigenvalue weighted by Crippen LogP contribution is 2.35. The van der Waals surface area contributed by atoms with E-state index in [1.165, 1.54) is 17.9 Å². The largest absolute Gasteiger partial charge is 0.441 e. The number of piperidine rings is 1. The van der Waals surface area contributed by atoms with Gasteiger partial charge in [-0.05, 0) is 25.1 Å². The number of ether oxygens (including phenoxy) is 1. The molecule has 24 heavy (non-hydrogen) atoms. The monoisotopic (exact) mass is 355 g/mol. The lowest BCUT2D eigenvalue weighted by molar-refractivity contribution is -0.00743. The molecular weight excluding hydrogens is 322 g/mol. The minimum atomic E-state index is -0.212. The van der Waals surface area contributed by atoms with Gasteiger partial charge in [0, 0.05) is 57.4 Å². The van der Waals surface area contributed by atoms with Crippen molar-refractivity contribution in [3.8, 4) is 0 Å². The number of carbonyl (C=O) groups is 1. The lowest BCUT2D eigenvalue weighted by atomic mass is 9.90. The van der Waals surface area contributed by atoms with Gasteiger partial charge < -0.3 is 14.5 Å². The highest BCUT2D eigenvalue weighted by atomic mass is 32.2. The van der Waals surface area contributed by atoms with E-state index in [0.29, 0.717) is 5.92 Å². The zero-order valence-electron chi connectivity index (χ0n) is 15.5. The SMILES string of the molecule is CC(C)CN(C)CCN1CC2(CCN([C@H]3CCSC3)CC2)OC1=O. The first-order valence-corrected chi connectivity index (χ1v) is 10.6. The first-order chi connectivity index (χ1) is 11.5. The number of thioether (sulfide) groups is 1. The average Bonchev–Trinajstić information content (AvgIpc) is 3.14. The van der Waals surface area contributed by atoms with Crippen molar-refractivity contribution in [1.82, 2.24) is 14.7 Å². The normalized spacial score (nSPS) is 27.6. The Balaban J connectivity index is 1.46. The van der Waals surface area contributed by atoms with E-state index in [2.05, 4.69) is 42.5 Å². The van der Waals surface area contributed by atoms with Gasteiger partial charge >= 0.3 is 6.09 Å². The van der Waals surface area contributed by atoms with E-state index in [1.54, 1.807) is 0 Å². The molecule has 0 aromatic heterocycles. The predicted octanol–water partition coefficient (Wildman–Crippen LogP) is 2.37. The summed E-state index contributed by atoms with van der Waals surface area (Å²) < 4.78 is 5.86. The van der Waals surface area contributed by atoms with Gasteiger partial charge in [0.15, 0.2) is 0 Å². The zero-order chi connectivity index (χ0) is 17.2. The van der Waals surface area contributed by atoms with Crippen molar-refractivity contribution < 1.29 is 9.53 Å². The van der Waals surface area contributed by atoms with Crippen molar-refractivity contribution in [2.24, 2.45) is 5.92 Å². The van der Waals surface area contributed by atoms with Crippen molar-refractivity contribution >= 4 is 17.9 Å². The van der Waals surface area contributed by atoms with Crippen LogP contribution in [0.2, 0.25) is 0 Å². The van der Waals surface area contributed by atoms with Gasteiger partial charge in [-0.3, -0.25) is 4.90 Å². The van der Waals surface area contributed by atoms with Crippen LogP contribution in [-0.2, 0) is 4.74 Å². The summed E-state index contributed by atoms with van der Waals surface area (Å²) in [5.41, 5.74) is -0.212. The van der Waals surface area contributed by atoms with Crippen LogP contribution in [0.15, 0.2) is 0 Å². The van der Waals surface area contributed by atoms with Gasteiger partial charge in [-0.1, -0.05) is 13.8 Å². The van der Waals surface area contributed by atoms with Gasteiger partial charge in [-0.2, -0.15) is 11.8 Å². The Morgan fingerprint density at radius 1 is 1.38 bits per heavy atom. The van der Waals surface area contributed by atoms with Crippen LogP contribution < -0.4 is 0 Å². The van der Waals surface area contributed by atoms with Crippen LogP contribution in [0.25, 0.3) is 0 Å². The summed E-state index contributed by atoms with van der Waals surface area (Å²) in [5, 5.41) is 0. The molecule has 0 bridgehead atoms. The molecule has 3 fully saturated rings. The highest BCUT2D eigenvalue weighted by molar-refractivity contribution is 7.99. The number of hydrogen-bond donors (Lipinski definition) is 0. The molecule has 1 atom stereocenters. The first kappa shape index (κ1) is 18.3. The molecule has 3 rings (SSSR count). The number of rotatable bonds is 6. The third kappa shape index (κ3) is 4.38. The fourth-order valence-corrected chi connectivity index (χ4v) is 5.49. The third-order valence-electron chi connectivity index (χ3n) is 5.60. The zero-order valence-corrected chi connectivity index (χ0v) is 16.3. The molecular formula is C18H33N3O2S. The second-order valence-corrected chi connectivity index (χ2v) is 9.33. The second kappa shape index (κ2) is 7.83. The Morgan fingerprint density at radius 2 is 2.12 bits per heavy atom. The summed E-state index contributed by atoms with van der Waals surface area (Å²) in [7, 11) is 2.13. The summed E-state index contributed by atoms with van der Waals surface area (Å²) in [6.45, 7) is 10.2. The number of carbonyl (C=O) groups excluding carboxylic acids is 1. The van der Waals surface area contributed by atoms with E-state index in [-0.39, 0.29) is 11.7 Å². The van der Waals surface area contributed by atoms with E-state index in [4.69, 9.17) is 4.74 Å². The van der Waals surface area contributed by atoms with E-state index in [0.717, 1.165) is 58.2 Å². The molecule has 3 aliphatic heterocycles. The van der Waals surface area contributed by atoms with E-state index < -0.39 is 0 Å². The van der Waals surface area contributed by atoms with Crippen molar-refractivity contribution in [3.05, 3.63) is 0 Å². The maximum atomic E-state index is 12.3. The molecule has 0 N–H and O–H groups in total. The van der Waals surface area contributed by atoms with Crippen LogP contribution in [0, 0.1) is 5.92 Å². The van der Waals surface area contributed by atoms with Crippen molar-refractivity contribution in [1.29, 1.82) is 0 Å². The molecule has 6 heteroatoms. The molecule has 3 heterocycles.